The topological polar surface area (TPSA) is 77.8 Å². The molecule has 0 aliphatic carbocycles. The Kier molecular flexibility index (Phi) is 5.41. The number of furan rings is 1. The first kappa shape index (κ1) is 16.6. The summed E-state index contributed by atoms with van der Waals surface area (Å²) in [4.78, 5) is 23.6. The second-order valence-electron chi connectivity index (χ2n) is 5.03. The van der Waals surface area contributed by atoms with Crippen LogP contribution in [0, 0.1) is 13.8 Å². The summed E-state index contributed by atoms with van der Waals surface area (Å²) in [5.41, 5.74) is 1.23. The zero-order valence-electron chi connectivity index (χ0n) is 13.3. The Labute approximate surface area is 134 Å². The highest BCUT2D eigenvalue weighted by molar-refractivity contribution is 5.92. The summed E-state index contributed by atoms with van der Waals surface area (Å²) in [5, 5.41) is 2.68. The van der Waals surface area contributed by atoms with Crippen LogP contribution in [0.5, 0.6) is 5.75 Å². The summed E-state index contributed by atoms with van der Waals surface area (Å²) in [6.45, 7) is 3.40. The Balaban J connectivity index is 1.81. The van der Waals surface area contributed by atoms with Crippen molar-refractivity contribution < 1.29 is 23.5 Å². The molecule has 2 aromatic rings. The first-order valence-electron chi connectivity index (χ1n) is 7.13. The van der Waals surface area contributed by atoms with Crippen molar-refractivity contribution in [2.45, 2.75) is 20.4 Å². The molecule has 0 saturated carbocycles. The van der Waals surface area contributed by atoms with Crippen molar-refractivity contribution in [2.24, 2.45) is 0 Å². The molecule has 0 saturated heterocycles. The number of amides is 1. The molecular weight excluding hydrogens is 298 g/mol. The van der Waals surface area contributed by atoms with Gasteiger partial charge in [0, 0.05) is 6.54 Å². The number of benzene rings is 1. The molecule has 0 unspecified atom stereocenters. The van der Waals surface area contributed by atoms with Crippen molar-refractivity contribution in [2.75, 3.05) is 13.7 Å². The molecule has 0 aliphatic heterocycles. The summed E-state index contributed by atoms with van der Waals surface area (Å²) < 4.78 is 15.3. The van der Waals surface area contributed by atoms with Gasteiger partial charge in [-0.3, -0.25) is 4.79 Å². The zero-order valence-corrected chi connectivity index (χ0v) is 13.3. The quantitative estimate of drug-likeness (QED) is 0.828. The van der Waals surface area contributed by atoms with Crippen LogP contribution in [0.2, 0.25) is 0 Å². The van der Waals surface area contributed by atoms with Gasteiger partial charge in [0.15, 0.2) is 6.61 Å². The summed E-state index contributed by atoms with van der Waals surface area (Å²) in [7, 11) is 1.58. The van der Waals surface area contributed by atoms with Crippen LogP contribution < -0.4 is 10.1 Å². The number of hydrogen-bond donors (Lipinski definition) is 1. The van der Waals surface area contributed by atoms with Gasteiger partial charge < -0.3 is 19.2 Å². The molecule has 0 spiro atoms. The smallest absolute Gasteiger partial charge is 0.342 e. The van der Waals surface area contributed by atoms with E-state index in [1.807, 2.05) is 24.3 Å². The molecule has 0 bridgehead atoms. The first-order valence-corrected chi connectivity index (χ1v) is 7.13. The monoisotopic (exact) mass is 317 g/mol. The molecule has 0 radical (unpaired) electrons. The number of carbonyl (C=O) groups excluding carboxylic acids is 2. The Morgan fingerprint density at radius 3 is 2.65 bits per heavy atom. The van der Waals surface area contributed by atoms with Crippen molar-refractivity contribution in [1.82, 2.24) is 5.32 Å². The minimum absolute atomic E-state index is 0.331. The summed E-state index contributed by atoms with van der Waals surface area (Å²) in [6, 6.07) is 8.94. The van der Waals surface area contributed by atoms with Gasteiger partial charge in [0.05, 0.1) is 7.11 Å². The number of nitrogens with one attached hydrogen (secondary N) is 1. The molecule has 122 valence electrons. The van der Waals surface area contributed by atoms with E-state index >= 15 is 0 Å². The molecule has 1 heterocycles. The van der Waals surface area contributed by atoms with E-state index in [1.54, 1.807) is 27.0 Å². The number of hydrogen-bond acceptors (Lipinski definition) is 5. The van der Waals surface area contributed by atoms with E-state index in [1.165, 1.54) is 0 Å². The molecule has 6 heteroatoms. The lowest BCUT2D eigenvalue weighted by molar-refractivity contribution is -0.124. The summed E-state index contributed by atoms with van der Waals surface area (Å²) in [5.74, 6) is 0.866. The van der Waals surface area contributed by atoms with E-state index in [9.17, 15) is 9.59 Å². The van der Waals surface area contributed by atoms with Gasteiger partial charge in [-0.25, -0.2) is 4.79 Å². The van der Waals surface area contributed by atoms with Gasteiger partial charge in [0.2, 0.25) is 0 Å². The van der Waals surface area contributed by atoms with Crippen molar-refractivity contribution in [1.29, 1.82) is 0 Å². The predicted molar refractivity (Wildman–Crippen MR) is 83.3 cm³/mol. The molecule has 1 aromatic heterocycles. The van der Waals surface area contributed by atoms with Crippen LogP contribution in [0.3, 0.4) is 0 Å². The molecule has 23 heavy (non-hydrogen) atoms. The fraction of sp³-hybridized carbons (Fsp3) is 0.294. The maximum Gasteiger partial charge on any atom is 0.342 e. The molecule has 1 N–H and O–H groups in total. The minimum Gasteiger partial charge on any atom is -0.497 e. The maximum absolute atomic E-state index is 11.9. The first-order chi connectivity index (χ1) is 11.0. The van der Waals surface area contributed by atoms with E-state index in [0.29, 0.717) is 29.4 Å². The van der Waals surface area contributed by atoms with Gasteiger partial charge in [-0.05, 0) is 37.6 Å². The van der Waals surface area contributed by atoms with E-state index in [0.717, 1.165) is 5.56 Å². The minimum atomic E-state index is -0.573. The number of esters is 1. The standard InChI is InChI=1S/C17H19NO5/c1-11-7-15(12(2)23-11)17(20)22-10-16(19)18-9-13-5-4-6-14(8-13)21-3/h4-8H,9-10H2,1-3H3,(H,18,19). The fourth-order valence-electron chi connectivity index (χ4n) is 2.08. The Morgan fingerprint density at radius 2 is 2.00 bits per heavy atom. The molecule has 6 nitrogen and oxygen atoms in total. The zero-order chi connectivity index (χ0) is 16.8. The van der Waals surface area contributed by atoms with Crippen LogP contribution in [0.4, 0.5) is 0 Å². The normalized spacial score (nSPS) is 10.2. The molecule has 1 amide bonds. The number of carbonyl (C=O) groups is 2. The molecule has 2 rings (SSSR count). The van der Waals surface area contributed by atoms with Gasteiger partial charge in [0.1, 0.15) is 22.8 Å². The molecular formula is C17H19NO5. The van der Waals surface area contributed by atoms with E-state index in [4.69, 9.17) is 13.9 Å². The van der Waals surface area contributed by atoms with Gasteiger partial charge in [-0.1, -0.05) is 12.1 Å². The second-order valence-corrected chi connectivity index (χ2v) is 5.03. The Bertz CT molecular complexity index is 705. The average molecular weight is 317 g/mol. The van der Waals surface area contributed by atoms with Crippen LogP contribution in [0.25, 0.3) is 0 Å². The van der Waals surface area contributed by atoms with Crippen LogP contribution in [0.15, 0.2) is 34.7 Å². The lowest BCUT2D eigenvalue weighted by atomic mass is 10.2. The van der Waals surface area contributed by atoms with E-state index in [2.05, 4.69) is 5.32 Å². The van der Waals surface area contributed by atoms with E-state index < -0.39 is 5.97 Å². The molecule has 1 aromatic carbocycles. The number of methoxy groups -OCH3 is 1. The maximum atomic E-state index is 11.9. The van der Waals surface area contributed by atoms with Gasteiger partial charge >= 0.3 is 5.97 Å². The van der Waals surface area contributed by atoms with Crippen molar-refractivity contribution in [3.8, 4) is 5.75 Å². The van der Waals surface area contributed by atoms with Gasteiger partial charge in [0.25, 0.3) is 5.91 Å². The van der Waals surface area contributed by atoms with Crippen LogP contribution in [0.1, 0.15) is 27.4 Å². The SMILES string of the molecule is COc1cccc(CNC(=O)COC(=O)c2cc(C)oc2C)c1. The van der Waals surface area contributed by atoms with Crippen molar-refractivity contribution in [3.63, 3.8) is 0 Å². The highest BCUT2D eigenvalue weighted by Crippen LogP contribution is 2.15. The highest BCUT2D eigenvalue weighted by Gasteiger charge is 2.16. The van der Waals surface area contributed by atoms with Crippen molar-refractivity contribution in [3.05, 3.63) is 53.0 Å². The highest BCUT2D eigenvalue weighted by atomic mass is 16.5. The number of rotatable bonds is 6. The van der Waals surface area contributed by atoms with Gasteiger partial charge in [-0.2, -0.15) is 0 Å². The molecule has 0 atom stereocenters. The second kappa shape index (κ2) is 7.49. The largest absolute Gasteiger partial charge is 0.497 e. The van der Waals surface area contributed by atoms with Gasteiger partial charge in [-0.15, -0.1) is 0 Å². The third-order valence-corrected chi connectivity index (χ3v) is 3.22. The lowest BCUT2D eigenvalue weighted by Crippen LogP contribution is -2.28. The summed E-state index contributed by atoms with van der Waals surface area (Å²) in [6.07, 6.45) is 0. The Hall–Kier alpha value is -2.76. The molecule has 0 fully saturated rings. The lowest BCUT2D eigenvalue weighted by Gasteiger charge is -2.07. The average Bonchev–Trinajstić information content (AvgIpc) is 2.89. The Morgan fingerprint density at radius 1 is 1.22 bits per heavy atom. The predicted octanol–water partition coefficient (Wildman–Crippen LogP) is 2.38. The van der Waals surface area contributed by atoms with Crippen LogP contribution in [-0.4, -0.2) is 25.6 Å². The van der Waals surface area contributed by atoms with Crippen LogP contribution in [-0.2, 0) is 16.1 Å². The molecule has 0 aliphatic rings. The van der Waals surface area contributed by atoms with Crippen molar-refractivity contribution >= 4 is 11.9 Å². The van der Waals surface area contributed by atoms with Crippen LogP contribution >= 0.6 is 0 Å². The number of ether oxygens (including phenoxy) is 2. The fourth-order valence-corrected chi connectivity index (χ4v) is 2.08. The third kappa shape index (κ3) is 4.60. The van der Waals surface area contributed by atoms with E-state index in [-0.39, 0.29) is 12.5 Å². The summed E-state index contributed by atoms with van der Waals surface area (Å²) >= 11 is 0. The third-order valence-electron chi connectivity index (χ3n) is 3.22. The number of aryl methyl sites for hydroxylation is 2.